The number of benzene rings is 3. The van der Waals surface area contributed by atoms with Crippen LogP contribution in [-0.4, -0.2) is 12.7 Å². The van der Waals surface area contributed by atoms with Crippen molar-refractivity contribution in [2.24, 2.45) is 0 Å². The van der Waals surface area contributed by atoms with Crippen molar-refractivity contribution in [2.75, 3.05) is 0 Å². The average Bonchev–Trinajstić information content (AvgIpc) is 3.34. The molecule has 0 atom stereocenters. The van der Waals surface area contributed by atoms with E-state index in [9.17, 15) is 8.42 Å². The van der Waals surface area contributed by atoms with Gasteiger partial charge in [-0.05, 0) is 41.0 Å². The predicted octanol–water partition coefficient (Wildman–Crippen LogP) is 4.96. The minimum atomic E-state index is -3.67. The topological polar surface area (TPSA) is 62.6 Å². The zero-order valence-electron chi connectivity index (χ0n) is 17.7. The number of nitrogens with zero attached hydrogens (tertiary/aromatic N) is 1. The molecular formula is C26H26N2O3S. The van der Waals surface area contributed by atoms with E-state index in [-0.39, 0.29) is 0 Å². The molecule has 0 aliphatic heterocycles. The second-order valence-electron chi connectivity index (χ2n) is 7.57. The molecule has 6 heteroatoms. The number of hydrogen-bond donors (Lipinski definition) is 1. The number of furan rings is 1. The van der Waals surface area contributed by atoms with Crippen molar-refractivity contribution in [1.82, 2.24) is 9.62 Å². The van der Waals surface area contributed by atoms with Crippen LogP contribution in [0, 0.1) is 0 Å². The SMILES string of the molecule is O=S(=O)(c1ccc(CNCc2ccco2)cc1)N(Cc1ccccc1)Cc1ccccc1. The molecule has 0 fully saturated rings. The van der Waals surface area contributed by atoms with Gasteiger partial charge in [0.2, 0.25) is 10.0 Å². The number of nitrogens with one attached hydrogen (secondary N) is 1. The van der Waals surface area contributed by atoms with E-state index in [1.165, 1.54) is 4.31 Å². The molecule has 1 aromatic heterocycles. The van der Waals surface area contributed by atoms with Crippen LogP contribution in [0.3, 0.4) is 0 Å². The zero-order chi connectivity index (χ0) is 22.2. The molecule has 0 aliphatic carbocycles. The summed E-state index contributed by atoms with van der Waals surface area (Å²) in [6, 6.07) is 30.2. The first-order chi connectivity index (χ1) is 15.6. The van der Waals surface area contributed by atoms with Crippen LogP contribution in [0.15, 0.2) is 113 Å². The van der Waals surface area contributed by atoms with E-state index < -0.39 is 10.0 Å². The molecular weight excluding hydrogens is 420 g/mol. The quantitative estimate of drug-likeness (QED) is 0.374. The first kappa shape index (κ1) is 22.0. The lowest BCUT2D eigenvalue weighted by molar-refractivity contribution is 0.401. The van der Waals surface area contributed by atoms with Crippen LogP contribution >= 0.6 is 0 Å². The molecule has 1 heterocycles. The van der Waals surface area contributed by atoms with Gasteiger partial charge >= 0.3 is 0 Å². The third-order valence-electron chi connectivity index (χ3n) is 5.17. The van der Waals surface area contributed by atoms with Gasteiger partial charge in [0.1, 0.15) is 5.76 Å². The van der Waals surface area contributed by atoms with Gasteiger partial charge < -0.3 is 9.73 Å². The smallest absolute Gasteiger partial charge is 0.243 e. The fourth-order valence-electron chi connectivity index (χ4n) is 3.47. The molecule has 5 nitrogen and oxygen atoms in total. The van der Waals surface area contributed by atoms with Gasteiger partial charge in [0.05, 0.1) is 17.7 Å². The number of sulfonamides is 1. The highest BCUT2D eigenvalue weighted by Gasteiger charge is 2.25. The maximum absolute atomic E-state index is 13.5. The molecule has 0 bridgehead atoms. The monoisotopic (exact) mass is 446 g/mol. The third kappa shape index (κ3) is 5.73. The van der Waals surface area contributed by atoms with Crippen molar-refractivity contribution in [3.8, 4) is 0 Å². The van der Waals surface area contributed by atoms with Gasteiger partial charge in [0.15, 0.2) is 0 Å². The summed E-state index contributed by atoms with van der Waals surface area (Å²) in [5.41, 5.74) is 2.91. The molecule has 1 N–H and O–H groups in total. The second kappa shape index (κ2) is 10.4. The Bertz CT molecular complexity index is 1150. The number of rotatable bonds is 10. The second-order valence-corrected chi connectivity index (χ2v) is 9.51. The molecule has 4 aromatic rings. The first-order valence-electron chi connectivity index (χ1n) is 10.5. The summed E-state index contributed by atoms with van der Waals surface area (Å²) < 4.78 is 33.9. The summed E-state index contributed by atoms with van der Waals surface area (Å²) in [5.74, 6) is 0.863. The van der Waals surface area contributed by atoms with Gasteiger partial charge in [0, 0.05) is 19.6 Å². The maximum Gasteiger partial charge on any atom is 0.243 e. The van der Waals surface area contributed by atoms with Crippen molar-refractivity contribution in [2.45, 2.75) is 31.1 Å². The Kier molecular flexibility index (Phi) is 7.17. The van der Waals surface area contributed by atoms with Crippen molar-refractivity contribution >= 4 is 10.0 Å². The van der Waals surface area contributed by atoms with Gasteiger partial charge in [0.25, 0.3) is 0 Å². The van der Waals surface area contributed by atoms with Crippen LogP contribution in [0.2, 0.25) is 0 Å². The van der Waals surface area contributed by atoms with E-state index in [4.69, 9.17) is 4.42 Å². The minimum Gasteiger partial charge on any atom is -0.468 e. The third-order valence-corrected chi connectivity index (χ3v) is 6.98. The predicted molar refractivity (Wildman–Crippen MR) is 125 cm³/mol. The molecule has 164 valence electrons. The van der Waals surface area contributed by atoms with Crippen LogP contribution in [0.4, 0.5) is 0 Å². The van der Waals surface area contributed by atoms with E-state index in [0.717, 1.165) is 22.5 Å². The molecule has 0 radical (unpaired) electrons. The first-order valence-corrected chi connectivity index (χ1v) is 12.0. The lowest BCUT2D eigenvalue weighted by Gasteiger charge is -2.23. The van der Waals surface area contributed by atoms with Crippen LogP contribution in [0.25, 0.3) is 0 Å². The molecule has 0 saturated heterocycles. The van der Waals surface area contributed by atoms with Crippen molar-refractivity contribution in [3.05, 3.63) is 126 Å². The lowest BCUT2D eigenvalue weighted by Crippen LogP contribution is -2.30. The summed E-state index contributed by atoms with van der Waals surface area (Å²) in [5, 5.41) is 3.30. The van der Waals surface area contributed by atoms with Gasteiger partial charge in [-0.2, -0.15) is 4.31 Å². The van der Waals surface area contributed by atoms with Gasteiger partial charge in [-0.3, -0.25) is 0 Å². The highest BCUT2D eigenvalue weighted by atomic mass is 32.2. The van der Waals surface area contributed by atoms with Gasteiger partial charge in [-0.15, -0.1) is 0 Å². The number of hydrogen-bond acceptors (Lipinski definition) is 4. The Balaban J connectivity index is 1.50. The molecule has 32 heavy (non-hydrogen) atoms. The molecule has 0 spiro atoms. The van der Waals surface area contributed by atoms with Gasteiger partial charge in [-0.25, -0.2) is 8.42 Å². The summed E-state index contributed by atoms with van der Waals surface area (Å²) in [6.07, 6.45) is 1.65. The highest BCUT2D eigenvalue weighted by molar-refractivity contribution is 7.89. The Morgan fingerprint density at radius 3 is 1.78 bits per heavy atom. The standard InChI is InChI=1S/C26H26N2O3S/c29-32(30,26-15-13-22(14-16-26)18-27-19-25-12-7-17-31-25)28(20-23-8-3-1-4-9-23)21-24-10-5-2-6-11-24/h1-17,27H,18-21H2. The largest absolute Gasteiger partial charge is 0.468 e. The molecule has 0 amide bonds. The van der Waals surface area contributed by atoms with E-state index >= 15 is 0 Å². The van der Waals surface area contributed by atoms with Crippen LogP contribution in [-0.2, 0) is 36.2 Å². The Hall–Kier alpha value is -3.19. The van der Waals surface area contributed by atoms with Crippen LogP contribution in [0.5, 0.6) is 0 Å². The minimum absolute atomic E-state index is 0.291. The van der Waals surface area contributed by atoms with E-state index in [1.54, 1.807) is 18.4 Å². The van der Waals surface area contributed by atoms with Crippen molar-refractivity contribution in [3.63, 3.8) is 0 Å². The Morgan fingerprint density at radius 2 is 1.25 bits per heavy atom. The molecule has 3 aromatic carbocycles. The molecule has 0 aliphatic rings. The Labute approximate surface area is 189 Å². The summed E-state index contributed by atoms with van der Waals surface area (Å²) in [6.45, 7) is 1.86. The lowest BCUT2D eigenvalue weighted by atomic mass is 10.2. The molecule has 0 saturated carbocycles. The zero-order valence-corrected chi connectivity index (χ0v) is 18.5. The van der Waals surface area contributed by atoms with Crippen molar-refractivity contribution < 1.29 is 12.8 Å². The highest BCUT2D eigenvalue weighted by Crippen LogP contribution is 2.22. The summed E-state index contributed by atoms with van der Waals surface area (Å²) in [4.78, 5) is 0.291. The Morgan fingerprint density at radius 1 is 0.656 bits per heavy atom. The normalized spacial score (nSPS) is 11.7. The average molecular weight is 447 g/mol. The van der Waals surface area contributed by atoms with Crippen molar-refractivity contribution in [1.29, 1.82) is 0 Å². The fraction of sp³-hybridized carbons (Fsp3) is 0.154. The molecule has 0 unspecified atom stereocenters. The summed E-state index contributed by atoms with van der Waals surface area (Å²) >= 11 is 0. The summed E-state index contributed by atoms with van der Waals surface area (Å²) in [7, 11) is -3.67. The van der Waals surface area contributed by atoms with Crippen LogP contribution in [0.1, 0.15) is 22.5 Å². The van der Waals surface area contributed by atoms with Crippen LogP contribution < -0.4 is 5.32 Å². The fourth-order valence-corrected chi connectivity index (χ4v) is 4.89. The van der Waals surface area contributed by atoms with E-state index in [1.807, 2.05) is 84.9 Å². The van der Waals surface area contributed by atoms with E-state index in [2.05, 4.69) is 5.32 Å². The maximum atomic E-state index is 13.5. The van der Waals surface area contributed by atoms with E-state index in [0.29, 0.717) is 31.1 Å². The molecule has 4 rings (SSSR count). The van der Waals surface area contributed by atoms with Gasteiger partial charge in [-0.1, -0.05) is 72.8 Å².